The second-order valence-corrected chi connectivity index (χ2v) is 4.53. The molecule has 1 aromatic rings. The maximum atomic E-state index is 9.22. The van der Waals surface area contributed by atoms with Gasteiger partial charge in [0.25, 0.3) is 0 Å². The van der Waals surface area contributed by atoms with Gasteiger partial charge in [0.15, 0.2) is 0 Å². The van der Waals surface area contributed by atoms with Crippen LogP contribution in [0.4, 0.5) is 0 Å². The lowest BCUT2D eigenvalue weighted by Crippen LogP contribution is -2.24. The predicted octanol–water partition coefficient (Wildman–Crippen LogP) is 2.50. The SMILES string of the molecule is COc1ccc(OC)c(C(N)C(C#N)C(C)C)c1. The van der Waals surface area contributed by atoms with E-state index in [1.54, 1.807) is 14.2 Å². The average molecular weight is 248 g/mol. The van der Waals surface area contributed by atoms with E-state index in [2.05, 4.69) is 6.07 Å². The quantitative estimate of drug-likeness (QED) is 0.869. The maximum absolute atomic E-state index is 9.22. The monoisotopic (exact) mass is 248 g/mol. The molecule has 0 amide bonds. The van der Waals surface area contributed by atoms with Gasteiger partial charge < -0.3 is 15.2 Å². The molecule has 2 N–H and O–H groups in total. The third-order valence-corrected chi connectivity index (χ3v) is 3.05. The Labute approximate surface area is 108 Å². The number of nitrogens with two attached hydrogens (primary N) is 1. The molecule has 0 aliphatic carbocycles. The second-order valence-electron chi connectivity index (χ2n) is 4.53. The molecule has 1 rings (SSSR count). The van der Waals surface area contributed by atoms with Gasteiger partial charge in [-0.25, -0.2) is 0 Å². The van der Waals surface area contributed by atoms with Crippen LogP contribution in [-0.2, 0) is 0 Å². The molecule has 0 aliphatic heterocycles. The Hall–Kier alpha value is -1.73. The van der Waals surface area contributed by atoms with Crippen LogP contribution in [0.15, 0.2) is 18.2 Å². The third-order valence-electron chi connectivity index (χ3n) is 3.05. The molecule has 0 aromatic heterocycles. The molecule has 0 radical (unpaired) electrons. The van der Waals surface area contributed by atoms with Gasteiger partial charge in [-0.3, -0.25) is 0 Å². The van der Waals surface area contributed by atoms with Crippen LogP contribution in [-0.4, -0.2) is 14.2 Å². The Morgan fingerprint density at radius 3 is 2.33 bits per heavy atom. The molecule has 0 saturated heterocycles. The van der Waals surface area contributed by atoms with Crippen molar-refractivity contribution in [2.45, 2.75) is 19.9 Å². The lowest BCUT2D eigenvalue weighted by Gasteiger charge is -2.23. The van der Waals surface area contributed by atoms with Crippen molar-refractivity contribution < 1.29 is 9.47 Å². The van der Waals surface area contributed by atoms with Crippen molar-refractivity contribution in [1.29, 1.82) is 5.26 Å². The van der Waals surface area contributed by atoms with Gasteiger partial charge in [0.2, 0.25) is 0 Å². The molecular formula is C14H20N2O2. The fraction of sp³-hybridized carbons (Fsp3) is 0.500. The molecule has 2 atom stereocenters. The van der Waals surface area contributed by atoms with Crippen LogP contribution in [0.5, 0.6) is 11.5 Å². The Balaban J connectivity index is 3.17. The summed E-state index contributed by atoms with van der Waals surface area (Å²) < 4.78 is 10.5. The Bertz CT molecular complexity index is 438. The molecule has 0 spiro atoms. The van der Waals surface area contributed by atoms with Gasteiger partial charge in [-0.1, -0.05) is 13.8 Å². The Morgan fingerprint density at radius 2 is 1.89 bits per heavy atom. The van der Waals surface area contributed by atoms with Gasteiger partial charge in [-0.05, 0) is 24.1 Å². The average Bonchev–Trinajstić information content (AvgIpc) is 2.38. The van der Waals surface area contributed by atoms with E-state index in [-0.39, 0.29) is 17.9 Å². The maximum Gasteiger partial charge on any atom is 0.123 e. The summed E-state index contributed by atoms with van der Waals surface area (Å²) in [5.74, 6) is 1.32. The molecule has 0 fully saturated rings. The van der Waals surface area contributed by atoms with E-state index in [1.807, 2.05) is 32.0 Å². The van der Waals surface area contributed by atoms with Crippen LogP contribution in [0.25, 0.3) is 0 Å². The number of benzene rings is 1. The first-order valence-electron chi connectivity index (χ1n) is 5.92. The Morgan fingerprint density at radius 1 is 1.22 bits per heavy atom. The van der Waals surface area contributed by atoms with E-state index in [1.165, 1.54) is 0 Å². The molecule has 0 heterocycles. The zero-order valence-corrected chi connectivity index (χ0v) is 11.3. The highest BCUT2D eigenvalue weighted by Gasteiger charge is 2.25. The van der Waals surface area contributed by atoms with Gasteiger partial charge >= 0.3 is 0 Å². The van der Waals surface area contributed by atoms with Gasteiger partial charge in [0, 0.05) is 11.6 Å². The minimum atomic E-state index is -0.389. The van der Waals surface area contributed by atoms with Crippen molar-refractivity contribution in [3.8, 4) is 17.6 Å². The van der Waals surface area contributed by atoms with Crippen molar-refractivity contribution in [2.24, 2.45) is 17.6 Å². The number of hydrogen-bond donors (Lipinski definition) is 1. The molecule has 0 aliphatic rings. The molecule has 0 saturated carbocycles. The van der Waals surface area contributed by atoms with E-state index in [0.717, 1.165) is 5.56 Å². The molecule has 4 nitrogen and oxygen atoms in total. The van der Waals surface area contributed by atoms with Crippen LogP contribution in [0.2, 0.25) is 0 Å². The largest absolute Gasteiger partial charge is 0.497 e. The number of rotatable bonds is 5. The summed E-state index contributed by atoms with van der Waals surface area (Å²) in [6.07, 6.45) is 0. The first-order valence-corrected chi connectivity index (χ1v) is 5.92. The summed E-state index contributed by atoms with van der Waals surface area (Å²) in [7, 11) is 3.19. The van der Waals surface area contributed by atoms with Crippen LogP contribution in [0.3, 0.4) is 0 Å². The van der Waals surface area contributed by atoms with Crippen molar-refractivity contribution in [2.75, 3.05) is 14.2 Å². The van der Waals surface area contributed by atoms with E-state index >= 15 is 0 Å². The highest BCUT2D eigenvalue weighted by molar-refractivity contribution is 5.42. The first-order chi connectivity index (χ1) is 8.54. The van der Waals surface area contributed by atoms with Crippen LogP contribution in [0.1, 0.15) is 25.5 Å². The smallest absolute Gasteiger partial charge is 0.123 e. The standard InChI is InChI=1S/C14H20N2O2/c1-9(2)12(8-15)14(16)11-7-10(17-3)5-6-13(11)18-4/h5-7,9,12,14H,16H2,1-4H3. The zero-order chi connectivity index (χ0) is 13.7. The number of nitrogens with zero attached hydrogens (tertiary/aromatic N) is 1. The molecule has 4 heteroatoms. The fourth-order valence-electron chi connectivity index (χ4n) is 1.94. The van der Waals surface area contributed by atoms with Gasteiger partial charge in [0.05, 0.1) is 26.2 Å². The van der Waals surface area contributed by atoms with Gasteiger partial charge in [-0.2, -0.15) is 5.26 Å². The van der Waals surface area contributed by atoms with Crippen molar-refractivity contribution >= 4 is 0 Å². The van der Waals surface area contributed by atoms with Crippen molar-refractivity contribution in [1.82, 2.24) is 0 Å². The molecular weight excluding hydrogens is 228 g/mol. The molecule has 1 aromatic carbocycles. The highest BCUT2D eigenvalue weighted by Crippen LogP contribution is 2.34. The fourth-order valence-corrected chi connectivity index (χ4v) is 1.94. The van der Waals surface area contributed by atoms with E-state index in [4.69, 9.17) is 15.2 Å². The second kappa shape index (κ2) is 6.27. The van der Waals surface area contributed by atoms with E-state index in [9.17, 15) is 5.26 Å². The molecule has 0 bridgehead atoms. The number of hydrogen-bond acceptors (Lipinski definition) is 4. The summed E-state index contributed by atoms with van der Waals surface area (Å²) >= 11 is 0. The van der Waals surface area contributed by atoms with Gasteiger partial charge in [-0.15, -0.1) is 0 Å². The zero-order valence-electron chi connectivity index (χ0n) is 11.3. The lowest BCUT2D eigenvalue weighted by molar-refractivity contribution is 0.367. The minimum Gasteiger partial charge on any atom is -0.497 e. The molecule has 18 heavy (non-hydrogen) atoms. The van der Waals surface area contributed by atoms with Gasteiger partial charge in [0.1, 0.15) is 11.5 Å². The van der Waals surface area contributed by atoms with Crippen molar-refractivity contribution in [3.63, 3.8) is 0 Å². The van der Waals surface area contributed by atoms with Crippen molar-refractivity contribution in [3.05, 3.63) is 23.8 Å². The van der Waals surface area contributed by atoms with Crippen LogP contribution < -0.4 is 15.2 Å². The minimum absolute atomic E-state index is 0.181. The molecule has 98 valence electrons. The van der Waals surface area contributed by atoms with E-state index in [0.29, 0.717) is 11.5 Å². The van der Waals surface area contributed by atoms with Crippen LogP contribution >= 0.6 is 0 Å². The summed E-state index contributed by atoms with van der Waals surface area (Å²) in [4.78, 5) is 0. The third kappa shape index (κ3) is 2.93. The molecule has 2 unspecified atom stereocenters. The van der Waals surface area contributed by atoms with Crippen LogP contribution in [0, 0.1) is 23.2 Å². The van der Waals surface area contributed by atoms with E-state index < -0.39 is 0 Å². The topological polar surface area (TPSA) is 68.3 Å². The first kappa shape index (κ1) is 14.3. The lowest BCUT2D eigenvalue weighted by atomic mass is 9.86. The summed E-state index contributed by atoms with van der Waals surface area (Å²) in [6.45, 7) is 3.97. The Kier molecular flexibility index (Phi) is 4.99. The normalized spacial score (nSPS) is 13.8. The summed E-state index contributed by atoms with van der Waals surface area (Å²) in [5.41, 5.74) is 7.00. The summed E-state index contributed by atoms with van der Waals surface area (Å²) in [6, 6.07) is 7.33. The number of ether oxygens (including phenoxy) is 2. The number of nitriles is 1. The predicted molar refractivity (Wildman–Crippen MR) is 70.4 cm³/mol. The number of methoxy groups -OCH3 is 2. The summed E-state index contributed by atoms with van der Waals surface area (Å²) in [5, 5.41) is 9.22. The highest BCUT2D eigenvalue weighted by atomic mass is 16.5.